The number of hydrogen-bond donors (Lipinski definition) is 1. The van der Waals surface area contributed by atoms with Crippen molar-refractivity contribution in [3.8, 4) is 0 Å². The number of hydrogen-bond acceptors (Lipinski definition) is 5. The number of rotatable bonds is 6. The molecule has 3 rings (SSSR count). The average Bonchev–Trinajstić information content (AvgIpc) is 2.93. The molecule has 0 saturated heterocycles. The first-order valence-electron chi connectivity index (χ1n) is 7.82. The van der Waals surface area contributed by atoms with Gasteiger partial charge in [0.1, 0.15) is 0 Å². The van der Waals surface area contributed by atoms with Crippen LogP contribution in [-0.2, 0) is 10.1 Å². The van der Waals surface area contributed by atoms with Gasteiger partial charge < -0.3 is 4.90 Å². The zero-order chi connectivity index (χ0) is 17.7. The quantitative estimate of drug-likeness (QED) is 0.608. The molecule has 25 heavy (non-hydrogen) atoms. The van der Waals surface area contributed by atoms with E-state index >= 15 is 0 Å². The number of benzene rings is 2. The van der Waals surface area contributed by atoms with Crippen molar-refractivity contribution in [2.45, 2.75) is 11.3 Å². The molecule has 5 nitrogen and oxygen atoms in total. The van der Waals surface area contributed by atoms with Crippen LogP contribution in [0.25, 0.3) is 0 Å². The lowest BCUT2D eigenvalue weighted by Crippen LogP contribution is -2.21. The predicted molar refractivity (Wildman–Crippen MR) is 103 cm³/mol. The fourth-order valence-electron chi connectivity index (χ4n) is 2.51. The Hall–Kier alpha value is -2.09. The van der Waals surface area contributed by atoms with E-state index < -0.39 is 10.1 Å². The number of fused-ring (bicyclic) bond motifs is 1. The van der Waals surface area contributed by atoms with Gasteiger partial charge in [-0.2, -0.15) is 8.42 Å². The van der Waals surface area contributed by atoms with Gasteiger partial charge in [-0.15, -0.1) is 0 Å². The van der Waals surface area contributed by atoms with Crippen LogP contribution in [0.5, 0.6) is 0 Å². The molecule has 0 radical (unpaired) electrons. The summed E-state index contributed by atoms with van der Waals surface area (Å²) in [7, 11) is -3.94. The topological polar surface area (TPSA) is 70.0 Å². The summed E-state index contributed by atoms with van der Waals surface area (Å²) in [5, 5.41) is 0.983. The van der Waals surface area contributed by atoms with E-state index in [1.807, 2.05) is 60.7 Å². The molecule has 0 fully saturated rings. The molecule has 1 aliphatic heterocycles. The summed E-state index contributed by atoms with van der Waals surface area (Å²) in [4.78, 5) is 7.59. The maximum atomic E-state index is 11.0. The van der Waals surface area contributed by atoms with Crippen LogP contribution in [0.15, 0.2) is 75.6 Å². The van der Waals surface area contributed by atoms with E-state index in [1.54, 1.807) is 18.0 Å². The van der Waals surface area contributed by atoms with E-state index in [9.17, 15) is 8.42 Å². The number of aliphatic imine (C=N–C) groups is 1. The minimum atomic E-state index is -3.94. The Labute approximate surface area is 151 Å². The van der Waals surface area contributed by atoms with E-state index in [0.29, 0.717) is 13.0 Å². The molecular weight excluding hydrogens is 356 g/mol. The van der Waals surface area contributed by atoms with Crippen LogP contribution >= 0.6 is 11.8 Å². The highest BCUT2D eigenvalue weighted by Crippen LogP contribution is 2.45. The van der Waals surface area contributed by atoms with Crippen LogP contribution in [0.2, 0.25) is 0 Å². The van der Waals surface area contributed by atoms with E-state index in [4.69, 9.17) is 4.55 Å². The molecule has 0 atom stereocenters. The Kier molecular flexibility index (Phi) is 5.57. The van der Waals surface area contributed by atoms with Gasteiger partial charge in [0.05, 0.1) is 22.2 Å². The van der Waals surface area contributed by atoms with Crippen LogP contribution in [0.1, 0.15) is 6.42 Å². The molecule has 1 heterocycles. The molecule has 1 aliphatic rings. The summed E-state index contributed by atoms with van der Waals surface area (Å²) >= 11 is 1.62. The van der Waals surface area contributed by atoms with Crippen molar-refractivity contribution >= 4 is 39.5 Å². The first kappa shape index (κ1) is 17.7. The Bertz CT molecular complexity index is 894. The van der Waals surface area contributed by atoms with Crippen LogP contribution in [0, 0.1) is 0 Å². The molecule has 0 aromatic heterocycles. The maximum Gasteiger partial charge on any atom is 0.264 e. The lowest BCUT2D eigenvalue weighted by Gasteiger charge is -2.19. The van der Waals surface area contributed by atoms with Crippen LogP contribution < -0.4 is 4.90 Å². The lowest BCUT2D eigenvalue weighted by molar-refractivity contribution is 0.481. The highest BCUT2D eigenvalue weighted by molar-refractivity contribution is 8.03. The largest absolute Gasteiger partial charge is 0.335 e. The Morgan fingerprint density at radius 2 is 1.80 bits per heavy atom. The summed E-state index contributed by atoms with van der Waals surface area (Å²) in [5.74, 6) is -0.248. The van der Waals surface area contributed by atoms with Crippen molar-refractivity contribution in [1.82, 2.24) is 0 Å². The summed E-state index contributed by atoms with van der Waals surface area (Å²) in [6.45, 7) is 0.509. The standard InChI is InChI=1S/C18H18N2O3S2/c21-25(22,23)14-6-13-20-16-9-4-5-10-17(16)24-18(20)11-12-19-15-7-2-1-3-8-15/h1-5,7-12H,6,13-14H2,(H,21,22,23)/b18-11-,19-12?. The first-order valence-corrected chi connectivity index (χ1v) is 10.2. The van der Waals surface area contributed by atoms with Gasteiger partial charge in [-0.25, -0.2) is 0 Å². The zero-order valence-corrected chi connectivity index (χ0v) is 15.1. The van der Waals surface area contributed by atoms with E-state index in [1.165, 1.54) is 0 Å². The van der Waals surface area contributed by atoms with Crippen molar-refractivity contribution < 1.29 is 13.0 Å². The van der Waals surface area contributed by atoms with Crippen molar-refractivity contribution in [1.29, 1.82) is 0 Å². The van der Waals surface area contributed by atoms with Gasteiger partial charge in [-0.1, -0.05) is 42.1 Å². The molecule has 7 heteroatoms. The van der Waals surface area contributed by atoms with Gasteiger partial charge in [-0.05, 0) is 36.8 Å². The smallest absolute Gasteiger partial charge is 0.264 e. The van der Waals surface area contributed by atoms with Crippen LogP contribution in [0.4, 0.5) is 11.4 Å². The summed E-state index contributed by atoms with van der Waals surface area (Å²) in [6.07, 6.45) is 4.02. The molecule has 0 amide bonds. The predicted octanol–water partition coefficient (Wildman–Crippen LogP) is 4.12. The molecule has 2 aromatic rings. The third-order valence-corrected chi connectivity index (χ3v) is 5.55. The summed E-state index contributed by atoms with van der Waals surface area (Å²) in [5.41, 5.74) is 1.92. The normalized spacial score (nSPS) is 15.9. The third kappa shape index (κ3) is 4.94. The maximum absolute atomic E-state index is 11.0. The van der Waals surface area contributed by atoms with E-state index in [2.05, 4.69) is 9.89 Å². The third-order valence-electron chi connectivity index (χ3n) is 3.62. The number of para-hydroxylation sites is 2. The van der Waals surface area contributed by atoms with E-state index in [0.717, 1.165) is 21.3 Å². The Morgan fingerprint density at radius 1 is 1.08 bits per heavy atom. The molecule has 0 bridgehead atoms. The first-order chi connectivity index (χ1) is 12.0. The molecule has 130 valence electrons. The molecule has 0 saturated carbocycles. The monoisotopic (exact) mass is 374 g/mol. The lowest BCUT2D eigenvalue weighted by atomic mass is 10.3. The molecule has 0 aliphatic carbocycles. The highest BCUT2D eigenvalue weighted by atomic mass is 32.2. The second-order valence-corrected chi connectivity index (χ2v) is 8.11. The fourth-order valence-corrected chi connectivity index (χ4v) is 4.09. The number of allylic oxidation sites excluding steroid dienone is 1. The molecule has 0 unspecified atom stereocenters. The van der Waals surface area contributed by atoms with Gasteiger partial charge in [0.25, 0.3) is 10.1 Å². The highest BCUT2D eigenvalue weighted by Gasteiger charge is 2.24. The number of anilines is 1. The zero-order valence-electron chi connectivity index (χ0n) is 13.4. The molecule has 0 spiro atoms. The number of thioether (sulfide) groups is 1. The van der Waals surface area contributed by atoms with E-state index in [-0.39, 0.29) is 5.75 Å². The Morgan fingerprint density at radius 3 is 2.56 bits per heavy atom. The van der Waals surface area contributed by atoms with Crippen molar-refractivity contribution in [2.75, 3.05) is 17.2 Å². The molecule has 2 aromatic carbocycles. The molecule has 1 N–H and O–H groups in total. The van der Waals surface area contributed by atoms with Crippen LogP contribution in [0.3, 0.4) is 0 Å². The van der Waals surface area contributed by atoms with Gasteiger partial charge in [-0.3, -0.25) is 9.55 Å². The molecular formula is C18H18N2O3S2. The Balaban J connectivity index is 1.77. The minimum absolute atomic E-state index is 0.248. The second kappa shape index (κ2) is 7.86. The summed E-state index contributed by atoms with van der Waals surface area (Å²) < 4.78 is 30.8. The van der Waals surface area contributed by atoms with Gasteiger partial charge >= 0.3 is 0 Å². The summed E-state index contributed by atoms with van der Waals surface area (Å²) in [6, 6.07) is 17.6. The van der Waals surface area contributed by atoms with Gasteiger partial charge in [0.2, 0.25) is 0 Å². The number of nitrogens with zero attached hydrogens (tertiary/aromatic N) is 2. The SMILES string of the molecule is O=S(=O)(O)CCCN1/C(=C/C=Nc2ccccc2)Sc2ccccc21. The van der Waals surface area contributed by atoms with Crippen LogP contribution in [-0.4, -0.2) is 31.5 Å². The second-order valence-electron chi connectivity index (χ2n) is 5.48. The van der Waals surface area contributed by atoms with Crippen molar-refractivity contribution in [3.05, 3.63) is 65.7 Å². The van der Waals surface area contributed by atoms with Gasteiger partial charge in [0, 0.05) is 17.7 Å². The fraction of sp³-hybridized carbons (Fsp3) is 0.167. The average molecular weight is 374 g/mol. The van der Waals surface area contributed by atoms with Crippen molar-refractivity contribution in [3.63, 3.8) is 0 Å². The minimum Gasteiger partial charge on any atom is -0.335 e. The van der Waals surface area contributed by atoms with Crippen molar-refractivity contribution in [2.24, 2.45) is 4.99 Å². The van der Waals surface area contributed by atoms with Gasteiger partial charge in [0.15, 0.2) is 0 Å².